The molecule has 0 unspecified atom stereocenters. The fourth-order valence-corrected chi connectivity index (χ4v) is 1.53. The summed E-state index contributed by atoms with van der Waals surface area (Å²) < 4.78 is 1.50. The second kappa shape index (κ2) is 6.05. The van der Waals surface area contributed by atoms with E-state index in [-0.39, 0.29) is 18.6 Å². The molecule has 0 aliphatic carbocycles. The van der Waals surface area contributed by atoms with Crippen LogP contribution < -0.4 is 5.32 Å². The van der Waals surface area contributed by atoms with Crippen LogP contribution in [0.3, 0.4) is 0 Å². The fourth-order valence-electron chi connectivity index (χ4n) is 1.53. The van der Waals surface area contributed by atoms with Crippen molar-refractivity contribution < 1.29 is 9.90 Å². The van der Waals surface area contributed by atoms with Gasteiger partial charge in [-0.25, -0.2) is 14.6 Å². The van der Waals surface area contributed by atoms with Crippen LogP contribution in [0.2, 0.25) is 0 Å². The first-order valence-electron chi connectivity index (χ1n) is 5.97. The molecule has 0 radical (unpaired) electrons. The third-order valence-corrected chi connectivity index (χ3v) is 2.71. The van der Waals surface area contributed by atoms with Crippen LogP contribution in [0.4, 0.5) is 0 Å². The second-order valence-corrected chi connectivity index (χ2v) is 4.01. The van der Waals surface area contributed by atoms with Crippen molar-refractivity contribution in [2.24, 2.45) is 0 Å². The first-order chi connectivity index (χ1) is 9.24. The maximum Gasteiger partial charge on any atom is 0.253 e. The summed E-state index contributed by atoms with van der Waals surface area (Å²) in [7, 11) is 0. The number of rotatable bonds is 5. The summed E-state index contributed by atoms with van der Waals surface area (Å²) in [5.41, 5.74) is 0.441. The van der Waals surface area contributed by atoms with E-state index in [1.165, 1.54) is 23.5 Å². The molecule has 1 amide bonds. The van der Waals surface area contributed by atoms with Crippen molar-refractivity contribution in [1.29, 1.82) is 0 Å². The highest BCUT2D eigenvalue weighted by molar-refractivity contribution is 5.94. The van der Waals surface area contributed by atoms with Crippen LogP contribution in [-0.2, 0) is 0 Å². The number of amides is 1. The fraction of sp³-hybridized carbons (Fsp3) is 0.333. The SMILES string of the molecule is CC[C@H](CO)NC(=O)c1ccc(-n2cncn2)nc1. The van der Waals surface area contributed by atoms with Gasteiger partial charge in [-0.05, 0) is 18.6 Å². The van der Waals surface area contributed by atoms with E-state index in [2.05, 4.69) is 20.4 Å². The monoisotopic (exact) mass is 261 g/mol. The van der Waals surface area contributed by atoms with Crippen molar-refractivity contribution in [2.45, 2.75) is 19.4 Å². The van der Waals surface area contributed by atoms with Crippen molar-refractivity contribution in [3.8, 4) is 5.82 Å². The summed E-state index contributed by atoms with van der Waals surface area (Å²) in [4.78, 5) is 19.8. The predicted octanol–water partition coefficient (Wildman–Crippen LogP) is 0.163. The predicted molar refractivity (Wildman–Crippen MR) is 67.8 cm³/mol. The Bertz CT molecular complexity index is 520. The van der Waals surface area contributed by atoms with Gasteiger partial charge in [0, 0.05) is 6.20 Å². The molecular formula is C12H15N5O2. The topological polar surface area (TPSA) is 92.9 Å². The maximum atomic E-state index is 11.9. The molecule has 2 N–H and O–H groups in total. The number of aliphatic hydroxyl groups excluding tert-OH is 1. The smallest absolute Gasteiger partial charge is 0.253 e. The first-order valence-corrected chi connectivity index (χ1v) is 5.97. The van der Waals surface area contributed by atoms with Crippen LogP contribution in [0.25, 0.3) is 5.82 Å². The van der Waals surface area contributed by atoms with Gasteiger partial charge >= 0.3 is 0 Å². The zero-order chi connectivity index (χ0) is 13.7. The van der Waals surface area contributed by atoms with Crippen molar-refractivity contribution in [2.75, 3.05) is 6.61 Å². The molecule has 0 aromatic carbocycles. The molecule has 1 atom stereocenters. The molecule has 0 saturated heterocycles. The lowest BCUT2D eigenvalue weighted by atomic mass is 10.2. The number of aliphatic hydroxyl groups is 1. The molecule has 0 spiro atoms. The van der Waals surface area contributed by atoms with Crippen molar-refractivity contribution >= 4 is 5.91 Å². The summed E-state index contributed by atoms with van der Waals surface area (Å²) in [5, 5.41) is 15.7. The van der Waals surface area contributed by atoms with E-state index in [4.69, 9.17) is 5.11 Å². The molecule has 19 heavy (non-hydrogen) atoms. The molecule has 0 fully saturated rings. The van der Waals surface area contributed by atoms with Gasteiger partial charge in [0.2, 0.25) is 0 Å². The Kier molecular flexibility index (Phi) is 4.19. The lowest BCUT2D eigenvalue weighted by molar-refractivity contribution is 0.0914. The maximum absolute atomic E-state index is 11.9. The average Bonchev–Trinajstić information content (AvgIpc) is 2.99. The number of carbonyl (C=O) groups excluding carboxylic acids is 1. The van der Waals surface area contributed by atoms with E-state index in [1.54, 1.807) is 12.1 Å². The molecule has 0 bridgehead atoms. The van der Waals surface area contributed by atoms with Gasteiger partial charge in [-0.15, -0.1) is 0 Å². The highest BCUT2D eigenvalue weighted by Crippen LogP contribution is 2.04. The van der Waals surface area contributed by atoms with Gasteiger partial charge in [-0.1, -0.05) is 6.92 Å². The lowest BCUT2D eigenvalue weighted by Gasteiger charge is -2.13. The number of hydrogen-bond donors (Lipinski definition) is 2. The van der Waals surface area contributed by atoms with Gasteiger partial charge in [-0.3, -0.25) is 4.79 Å². The van der Waals surface area contributed by atoms with Gasteiger partial charge in [0.25, 0.3) is 5.91 Å². The zero-order valence-corrected chi connectivity index (χ0v) is 10.5. The third-order valence-electron chi connectivity index (χ3n) is 2.71. The molecule has 2 rings (SSSR count). The van der Waals surface area contributed by atoms with Crippen LogP contribution in [0.5, 0.6) is 0 Å². The molecule has 0 aliphatic rings. The molecule has 7 heteroatoms. The molecule has 0 saturated carbocycles. The van der Waals surface area contributed by atoms with Crippen molar-refractivity contribution in [3.05, 3.63) is 36.5 Å². The Balaban J connectivity index is 2.08. The Morgan fingerprint density at radius 2 is 2.37 bits per heavy atom. The molecule has 2 heterocycles. The van der Waals surface area contributed by atoms with E-state index in [0.717, 1.165) is 0 Å². The van der Waals surface area contributed by atoms with E-state index in [0.29, 0.717) is 17.8 Å². The van der Waals surface area contributed by atoms with Crippen molar-refractivity contribution in [1.82, 2.24) is 25.1 Å². The number of pyridine rings is 1. The quantitative estimate of drug-likeness (QED) is 0.800. The molecule has 100 valence electrons. The van der Waals surface area contributed by atoms with E-state index in [9.17, 15) is 4.79 Å². The van der Waals surface area contributed by atoms with E-state index >= 15 is 0 Å². The Labute approximate surface area is 110 Å². The Morgan fingerprint density at radius 3 is 2.89 bits per heavy atom. The summed E-state index contributed by atoms with van der Waals surface area (Å²) in [6.45, 7) is 1.82. The van der Waals surface area contributed by atoms with Crippen LogP contribution in [0, 0.1) is 0 Å². The first kappa shape index (κ1) is 13.2. The standard InChI is InChI=1S/C12H15N5O2/c1-2-10(6-18)16-12(19)9-3-4-11(14-5-9)17-8-13-7-15-17/h3-5,7-8,10,18H,2,6H2,1H3,(H,16,19)/t10-/m1/s1. The van der Waals surface area contributed by atoms with Gasteiger partial charge in [0.05, 0.1) is 18.2 Å². The minimum atomic E-state index is -0.251. The summed E-state index contributed by atoms with van der Waals surface area (Å²) in [6, 6.07) is 3.11. The van der Waals surface area contributed by atoms with E-state index < -0.39 is 0 Å². The van der Waals surface area contributed by atoms with Crippen molar-refractivity contribution in [3.63, 3.8) is 0 Å². The summed E-state index contributed by atoms with van der Waals surface area (Å²) >= 11 is 0. The third kappa shape index (κ3) is 3.14. The number of aromatic nitrogens is 4. The Morgan fingerprint density at radius 1 is 1.53 bits per heavy atom. The van der Waals surface area contributed by atoms with Crippen LogP contribution in [0.1, 0.15) is 23.7 Å². The number of nitrogens with one attached hydrogen (secondary N) is 1. The lowest BCUT2D eigenvalue weighted by Crippen LogP contribution is -2.36. The normalized spacial score (nSPS) is 12.1. The summed E-state index contributed by atoms with van der Waals surface area (Å²) in [6.07, 6.45) is 5.08. The number of hydrogen-bond acceptors (Lipinski definition) is 5. The molecular weight excluding hydrogens is 246 g/mol. The minimum Gasteiger partial charge on any atom is -0.394 e. The molecule has 0 aliphatic heterocycles. The molecule has 2 aromatic heterocycles. The van der Waals surface area contributed by atoms with Gasteiger partial charge < -0.3 is 10.4 Å². The molecule has 2 aromatic rings. The van der Waals surface area contributed by atoms with E-state index in [1.807, 2.05) is 6.92 Å². The van der Waals surface area contributed by atoms with Gasteiger partial charge in [0.1, 0.15) is 12.7 Å². The van der Waals surface area contributed by atoms with Crippen LogP contribution in [-0.4, -0.2) is 43.4 Å². The zero-order valence-electron chi connectivity index (χ0n) is 10.5. The summed E-state index contributed by atoms with van der Waals surface area (Å²) in [5.74, 6) is 0.335. The highest BCUT2D eigenvalue weighted by atomic mass is 16.3. The molecule has 7 nitrogen and oxygen atoms in total. The highest BCUT2D eigenvalue weighted by Gasteiger charge is 2.11. The largest absolute Gasteiger partial charge is 0.394 e. The van der Waals surface area contributed by atoms with Crippen LogP contribution >= 0.6 is 0 Å². The average molecular weight is 261 g/mol. The number of carbonyl (C=O) groups is 1. The minimum absolute atomic E-state index is 0.0767. The second-order valence-electron chi connectivity index (χ2n) is 4.01. The Hall–Kier alpha value is -2.28. The van der Waals surface area contributed by atoms with Gasteiger partial charge in [-0.2, -0.15) is 5.10 Å². The van der Waals surface area contributed by atoms with Crippen LogP contribution in [0.15, 0.2) is 31.0 Å². The number of nitrogens with zero attached hydrogens (tertiary/aromatic N) is 4. The van der Waals surface area contributed by atoms with Gasteiger partial charge in [0.15, 0.2) is 5.82 Å².